The summed E-state index contributed by atoms with van der Waals surface area (Å²) in [5.74, 6) is 0.542. The Labute approximate surface area is 116 Å². The van der Waals surface area contributed by atoms with Crippen molar-refractivity contribution < 1.29 is 9.13 Å². The van der Waals surface area contributed by atoms with Gasteiger partial charge in [0.05, 0.1) is 5.56 Å². The zero-order chi connectivity index (χ0) is 14.0. The van der Waals surface area contributed by atoms with Crippen LogP contribution in [0.15, 0.2) is 24.5 Å². The first kappa shape index (κ1) is 13.7. The number of aryl methyl sites for hydroxylation is 1. The van der Waals surface area contributed by atoms with Crippen LogP contribution >= 0.6 is 11.6 Å². The van der Waals surface area contributed by atoms with E-state index in [1.165, 1.54) is 12.4 Å². The van der Waals surface area contributed by atoms with E-state index in [4.69, 9.17) is 16.3 Å². The summed E-state index contributed by atoms with van der Waals surface area (Å²) in [4.78, 5) is 8.00. The number of aromatic nitrogens is 2. The van der Waals surface area contributed by atoms with Crippen molar-refractivity contribution in [2.45, 2.75) is 26.7 Å². The van der Waals surface area contributed by atoms with Crippen LogP contribution < -0.4 is 4.74 Å². The second-order valence-electron chi connectivity index (χ2n) is 4.55. The number of halogens is 2. The van der Waals surface area contributed by atoms with Crippen molar-refractivity contribution in [3.8, 4) is 11.6 Å². The number of ether oxygens (including phenoxy) is 1. The van der Waals surface area contributed by atoms with E-state index in [0.717, 1.165) is 0 Å². The summed E-state index contributed by atoms with van der Waals surface area (Å²) < 4.78 is 19.1. The Morgan fingerprint density at radius 3 is 2.63 bits per heavy atom. The summed E-state index contributed by atoms with van der Waals surface area (Å²) in [5.41, 5.74) is 1.28. The summed E-state index contributed by atoms with van der Waals surface area (Å²) in [7, 11) is 0. The first-order valence-electron chi connectivity index (χ1n) is 5.93. The van der Waals surface area contributed by atoms with E-state index >= 15 is 0 Å². The molecule has 2 rings (SSSR count). The van der Waals surface area contributed by atoms with E-state index in [2.05, 4.69) is 9.97 Å². The minimum absolute atomic E-state index is 0.110. The largest absolute Gasteiger partial charge is 0.438 e. The molecule has 0 saturated heterocycles. The van der Waals surface area contributed by atoms with Gasteiger partial charge < -0.3 is 4.74 Å². The predicted molar refractivity (Wildman–Crippen MR) is 72.3 cm³/mol. The van der Waals surface area contributed by atoms with Crippen LogP contribution in [0.1, 0.15) is 30.9 Å². The number of hydrogen-bond donors (Lipinski definition) is 0. The number of rotatable bonds is 3. The van der Waals surface area contributed by atoms with E-state index < -0.39 is 0 Å². The lowest BCUT2D eigenvalue weighted by Crippen LogP contribution is -2.00. The maximum Gasteiger partial charge on any atom is 0.227 e. The molecule has 0 spiro atoms. The number of benzene rings is 1. The van der Waals surface area contributed by atoms with Crippen molar-refractivity contribution in [1.82, 2.24) is 9.97 Å². The van der Waals surface area contributed by atoms with Crippen LogP contribution in [0, 0.1) is 12.7 Å². The van der Waals surface area contributed by atoms with Gasteiger partial charge in [-0.15, -0.1) is 0 Å². The van der Waals surface area contributed by atoms with E-state index in [0.29, 0.717) is 27.9 Å². The lowest BCUT2D eigenvalue weighted by Gasteiger charge is -2.13. The van der Waals surface area contributed by atoms with Crippen molar-refractivity contribution >= 4 is 11.6 Å². The summed E-state index contributed by atoms with van der Waals surface area (Å²) in [6.45, 7) is 5.63. The minimum atomic E-state index is -0.316. The molecular formula is C14H14ClFN2O. The zero-order valence-electron chi connectivity index (χ0n) is 10.9. The molecular weight excluding hydrogens is 267 g/mol. The van der Waals surface area contributed by atoms with Crippen LogP contribution in [0.3, 0.4) is 0 Å². The molecule has 2 aromatic rings. The molecule has 5 heteroatoms. The second kappa shape index (κ2) is 5.53. The van der Waals surface area contributed by atoms with Crippen LogP contribution in [-0.4, -0.2) is 9.97 Å². The van der Waals surface area contributed by atoms with Gasteiger partial charge in [0, 0.05) is 6.07 Å². The number of hydrogen-bond acceptors (Lipinski definition) is 3. The van der Waals surface area contributed by atoms with Gasteiger partial charge in [0.15, 0.2) is 0 Å². The van der Waals surface area contributed by atoms with Crippen molar-refractivity contribution in [1.29, 1.82) is 0 Å². The lowest BCUT2D eigenvalue weighted by molar-refractivity contribution is 0.446. The quantitative estimate of drug-likeness (QED) is 0.777. The molecule has 0 radical (unpaired) electrons. The molecule has 1 aromatic heterocycles. The van der Waals surface area contributed by atoms with Crippen molar-refractivity contribution in [3.63, 3.8) is 0 Å². The third kappa shape index (κ3) is 3.01. The fourth-order valence-electron chi connectivity index (χ4n) is 1.67. The van der Waals surface area contributed by atoms with Gasteiger partial charge in [-0.3, -0.25) is 0 Å². The Kier molecular flexibility index (Phi) is 4.00. The Balaban J connectivity index is 2.38. The molecule has 0 unspecified atom stereocenters. The molecule has 0 aliphatic rings. The van der Waals surface area contributed by atoms with E-state index in [1.807, 2.05) is 13.8 Å². The molecule has 0 atom stereocenters. The molecule has 1 heterocycles. The lowest BCUT2D eigenvalue weighted by atomic mass is 10.1. The summed E-state index contributed by atoms with van der Waals surface area (Å²) in [6.07, 6.45) is 1.33. The summed E-state index contributed by atoms with van der Waals surface area (Å²) >= 11 is 6.04. The zero-order valence-corrected chi connectivity index (χ0v) is 11.7. The van der Waals surface area contributed by atoms with Gasteiger partial charge in [-0.05, 0) is 24.5 Å². The molecule has 0 aliphatic heterocycles. The average molecular weight is 281 g/mol. The highest BCUT2D eigenvalue weighted by atomic mass is 35.5. The van der Waals surface area contributed by atoms with Crippen LogP contribution in [0.4, 0.5) is 4.39 Å². The van der Waals surface area contributed by atoms with Crippen LogP contribution in [0.2, 0.25) is 5.15 Å². The maximum atomic E-state index is 13.5. The average Bonchev–Trinajstić information content (AvgIpc) is 2.33. The smallest absolute Gasteiger partial charge is 0.227 e. The van der Waals surface area contributed by atoms with E-state index in [-0.39, 0.29) is 11.7 Å². The Bertz CT molecular complexity index is 602. The van der Waals surface area contributed by atoms with Crippen molar-refractivity contribution in [3.05, 3.63) is 46.6 Å². The molecule has 3 nitrogen and oxygen atoms in total. The Morgan fingerprint density at radius 1 is 1.26 bits per heavy atom. The monoisotopic (exact) mass is 280 g/mol. The third-order valence-corrected chi connectivity index (χ3v) is 3.04. The third-order valence-electron chi connectivity index (χ3n) is 2.73. The molecule has 1 aromatic carbocycles. The molecule has 100 valence electrons. The SMILES string of the molecule is Cc1ccc(Oc2ncnc(Cl)c2C(C)C)cc1F. The first-order chi connectivity index (χ1) is 8.99. The molecule has 0 aliphatic carbocycles. The highest BCUT2D eigenvalue weighted by Crippen LogP contribution is 2.32. The summed E-state index contributed by atoms with van der Waals surface area (Å²) in [6, 6.07) is 4.68. The molecule has 0 N–H and O–H groups in total. The van der Waals surface area contributed by atoms with E-state index in [9.17, 15) is 4.39 Å². The van der Waals surface area contributed by atoms with Crippen LogP contribution in [-0.2, 0) is 0 Å². The van der Waals surface area contributed by atoms with Gasteiger partial charge in [-0.1, -0.05) is 31.5 Å². The highest BCUT2D eigenvalue weighted by molar-refractivity contribution is 6.30. The maximum absolute atomic E-state index is 13.5. The van der Waals surface area contributed by atoms with Gasteiger partial charge in [0.2, 0.25) is 5.88 Å². The molecule has 0 fully saturated rings. The van der Waals surface area contributed by atoms with Crippen LogP contribution in [0.5, 0.6) is 11.6 Å². The second-order valence-corrected chi connectivity index (χ2v) is 4.91. The predicted octanol–water partition coefficient (Wildman–Crippen LogP) is 4.49. The number of nitrogens with zero attached hydrogens (tertiary/aromatic N) is 2. The van der Waals surface area contributed by atoms with E-state index in [1.54, 1.807) is 19.1 Å². The van der Waals surface area contributed by atoms with Gasteiger partial charge in [0.1, 0.15) is 23.0 Å². The fourth-order valence-corrected chi connectivity index (χ4v) is 2.02. The molecule has 0 bridgehead atoms. The van der Waals surface area contributed by atoms with Crippen molar-refractivity contribution in [2.75, 3.05) is 0 Å². The Morgan fingerprint density at radius 2 is 2.00 bits per heavy atom. The minimum Gasteiger partial charge on any atom is -0.438 e. The molecule has 0 amide bonds. The highest BCUT2D eigenvalue weighted by Gasteiger charge is 2.15. The fraction of sp³-hybridized carbons (Fsp3) is 0.286. The standard InChI is InChI=1S/C14H14ClFN2O/c1-8(2)12-13(15)17-7-18-14(12)19-10-5-4-9(3)11(16)6-10/h4-8H,1-3H3. The van der Waals surface area contributed by atoms with Gasteiger partial charge >= 0.3 is 0 Å². The van der Waals surface area contributed by atoms with Crippen LogP contribution in [0.25, 0.3) is 0 Å². The van der Waals surface area contributed by atoms with Gasteiger partial charge in [-0.25, -0.2) is 14.4 Å². The first-order valence-corrected chi connectivity index (χ1v) is 6.31. The Hall–Kier alpha value is -1.68. The van der Waals surface area contributed by atoms with Gasteiger partial charge in [-0.2, -0.15) is 0 Å². The molecule has 0 saturated carbocycles. The van der Waals surface area contributed by atoms with Crippen molar-refractivity contribution in [2.24, 2.45) is 0 Å². The van der Waals surface area contributed by atoms with Gasteiger partial charge in [0.25, 0.3) is 0 Å². The topological polar surface area (TPSA) is 35.0 Å². The molecule has 19 heavy (non-hydrogen) atoms. The normalized spacial score (nSPS) is 10.8. The summed E-state index contributed by atoms with van der Waals surface area (Å²) in [5, 5.41) is 0.354.